The molecule has 0 radical (unpaired) electrons. The number of nitrogens with zero attached hydrogens (tertiary/aromatic N) is 1. The molecule has 0 fully saturated rings. The third-order valence-electron chi connectivity index (χ3n) is 2.90. The molecule has 1 aromatic carbocycles. The Hall–Kier alpha value is -2.17. The van der Waals surface area contributed by atoms with Crippen molar-refractivity contribution in [2.75, 3.05) is 12.1 Å². The number of ether oxygens (including phenoxy) is 2. The minimum absolute atomic E-state index is 0.270. The van der Waals surface area contributed by atoms with Crippen LogP contribution < -0.4 is 14.8 Å². The van der Waals surface area contributed by atoms with Crippen LogP contribution in [0.3, 0.4) is 0 Å². The molecule has 0 saturated carbocycles. The lowest BCUT2D eigenvalue weighted by Gasteiger charge is -2.07. The van der Waals surface area contributed by atoms with Crippen LogP contribution in [0.2, 0.25) is 0 Å². The van der Waals surface area contributed by atoms with Crippen LogP contribution >= 0.6 is 0 Å². The first-order valence-corrected chi connectivity index (χ1v) is 5.43. The fourth-order valence-electron chi connectivity index (χ4n) is 1.76. The SMILES string of the molecule is Cc1[nH]nc(Nc2cccc3c2OCO3)c1C. The summed E-state index contributed by atoms with van der Waals surface area (Å²) in [7, 11) is 0. The van der Waals surface area contributed by atoms with Gasteiger partial charge in [-0.05, 0) is 26.0 Å². The molecule has 88 valence electrons. The Morgan fingerprint density at radius 3 is 2.94 bits per heavy atom. The highest BCUT2D eigenvalue weighted by Gasteiger charge is 2.18. The van der Waals surface area contributed by atoms with Crippen molar-refractivity contribution in [3.05, 3.63) is 29.5 Å². The number of nitrogens with one attached hydrogen (secondary N) is 2. The minimum Gasteiger partial charge on any atom is -0.454 e. The third-order valence-corrected chi connectivity index (χ3v) is 2.90. The second-order valence-corrected chi connectivity index (χ2v) is 3.99. The molecule has 0 unspecified atom stereocenters. The molecule has 0 spiro atoms. The molecular weight excluding hydrogens is 218 g/mol. The van der Waals surface area contributed by atoms with Crippen molar-refractivity contribution in [1.82, 2.24) is 10.2 Å². The lowest BCUT2D eigenvalue weighted by Crippen LogP contribution is -1.96. The van der Waals surface area contributed by atoms with Crippen molar-refractivity contribution >= 4 is 11.5 Å². The van der Waals surface area contributed by atoms with Crippen LogP contribution in [0, 0.1) is 13.8 Å². The molecule has 0 saturated heterocycles. The van der Waals surface area contributed by atoms with Gasteiger partial charge in [0.2, 0.25) is 6.79 Å². The summed E-state index contributed by atoms with van der Waals surface area (Å²) in [5, 5.41) is 10.4. The maximum absolute atomic E-state index is 5.43. The summed E-state index contributed by atoms with van der Waals surface area (Å²) >= 11 is 0. The summed E-state index contributed by atoms with van der Waals surface area (Å²) in [5.41, 5.74) is 3.02. The minimum atomic E-state index is 0.270. The summed E-state index contributed by atoms with van der Waals surface area (Å²) in [6, 6.07) is 5.75. The van der Waals surface area contributed by atoms with Crippen LogP contribution in [0.5, 0.6) is 11.5 Å². The van der Waals surface area contributed by atoms with Gasteiger partial charge in [0.1, 0.15) is 0 Å². The Morgan fingerprint density at radius 1 is 1.29 bits per heavy atom. The van der Waals surface area contributed by atoms with Gasteiger partial charge in [0.15, 0.2) is 17.3 Å². The number of rotatable bonds is 2. The quantitative estimate of drug-likeness (QED) is 0.833. The molecule has 1 aliphatic rings. The number of hydrogen-bond donors (Lipinski definition) is 2. The van der Waals surface area contributed by atoms with Crippen LogP contribution in [-0.4, -0.2) is 17.0 Å². The van der Waals surface area contributed by atoms with Crippen molar-refractivity contribution in [3.63, 3.8) is 0 Å². The summed E-state index contributed by atoms with van der Waals surface area (Å²) in [6.45, 7) is 4.27. The van der Waals surface area contributed by atoms with Gasteiger partial charge in [-0.3, -0.25) is 5.10 Å². The highest BCUT2D eigenvalue weighted by molar-refractivity contribution is 5.70. The van der Waals surface area contributed by atoms with E-state index in [-0.39, 0.29) is 6.79 Å². The number of aromatic nitrogens is 2. The Bertz CT molecular complexity index is 563. The first-order chi connectivity index (χ1) is 8.25. The number of para-hydroxylation sites is 1. The maximum atomic E-state index is 5.43. The van der Waals surface area contributed by atoms with Gasteiger partial charge in [-0.2, -0.15) is 5.10 Å². The molecule has 2 aromatic rings. The van der Waals surface area contributed by atoms with Gasteiger partial charge in [-0.15, -0.1) is 0 Å². The van der Waals surface area contributed by atoms with Crippen molar-refractivity contribution in [1.29, 1.82) is 0 Å². The standard InChI is InChI=1S/C12H13N3O2/c1-7-8(2)14-15-12(7)13-9-4-3-5-10-11(9)17-6-16-10/h3-5H,6H2,1-2H3,(H2,13,14,15). The predicted octanol–water partition coefficient (Wildman–Crippen LogP) is 2.50. The zero-order valence-corrected chi connectivity index (χ0v) is 9.70. The number of anilines is 2. The van der Waals surface area contributed by atoms with Gasteiger partial charge >= 0.3 is 0 Å². The second kappa shape index (κ2) is 3.69. The molecule has 0 amide bonds. The molecule has 0 atom stereocenters. The predicted molar refractivity (Wildman–Crippen MR) is 63.9 cm³/mol. The highest BCUT2D eigenvalue weighted by Crippen LogP contribution is 2.40. The Balaban J connectivity index is 1.96. The van der Waals surface area contributed by atoms with E-state index in [1.54, 1.807) is 0 Å². The molecule has 2 heterocycles. The van der Waals surface area contributed by atoms with Gasteiger partial charge in [-0.25, -0.2) is 0 Å². The number of H-pyrrole nitrogens is 1. The Morgan fingerprint density at radius 2 is 2.18 bits per heavy atom. The van der Waals surface area contributed by atoms with Gasteiger partial charge in [0.25, 0.3) is 0 Å². The van der Waals surface area contributed by atoms with Gasteiger partial charge < -0.3 is 14.8 Å². The van der Waals surface area contributed by atoms with Gasteiger partial charge in [-0.1, -0.05) is 6.07 Å². The first kappa shape index (κ1) is 10.0. The molecule has 3 rings (SSSR count). The largest absolute Gasteiger partial charge is 0.454 e. The van der Waals surface area contributed by atoms with E-state index in [4.69, 9.17) is 9.47 Å². The number of fused-ring (bicyclic) bond motifs is 1. The van der Waals surface area contributed by atoms with Gasteiger partial charge in [0.05, 0.1) is 5.69 Å². The average molecular weight is 231 g/mol. The summed E-state index contributed by atoms with van der Waals surface area (Å²) in [6.07, 6.45) is 0. The van der Waals surface area contributed by atoms with Crippen LogP contribution in [0.15, 0.2) is 18.2 Å². The first-order valence-electron chi connectivity index (χ1n) is 5.43. The Labute approximate surface area is 98.8 Å². The molecule has 1 aromatic heterocycles. The summed E-state index contributed by atoms with van der Waals surface area (Å²) in [5.74, 6) is 2.32. The molecule has 5 heteroatoms. The van der Waals surface area contributed by atoms with Crippen LogP contribution in [0.4, 0.5) is 11.5 Å². The Kier molecular flexibility index (Phi) is 2.18. The number of benzene rings is 1. The van der Waals surface area contributed by atoms with Crippen LogP contribution in [-0.2, 0) is 0 Å². The molecular formula is C12H13N3O2. The fraction of sp³-hybridized carbons (Fsp3) is 0.250. The second-order valence-electron chi connectivity index (χ2n) is 3.99. The van der Waals surface area contributed by atoms with E-state index in [1.165, 1.54) is 0 Å². The zero-order chi connectivity index (χ0) is 11.8. The van der Waals surface area contributed by atoms with E-state index < -0.39 is 0 Å². The van der Waals surface area contributed by atoms with Crippen molar-refractivity contribution < 1.29 is 9.47 Å². The van der Waals surface area contributed by atoms with E-state index in [0.717, 1.165) is 34.3 Å². The van der Waals surface area contributed by atoms with E-state index in [0.29, 0.717) is 0 Å². The van der Waals surface area contributed by atoms with Crippen molar-refractivity contribution in [3.8, 4) is 11.5 Å². The smallest absolute Gasteiger partial charge is 0.231 e. The monoisotopic (exact) mass is 231 g/mol. The molecule has 1 aliphatic heterocycles. The lowest BCUT2D eigenvalue weighted by atomic mass is 10.2. The number of hydrogen-bond acceptors (Lipinski definition) is 4. The normalized spacial score (nSPS) is 12.8. The van der Waals surface area contributed by atoms with Crippen LogP contribution in [0.25, 0.3) is 0 Å². The number of aryl methyl sites for hydroxylation is 1. The molecule has 2 N–H and O–H groups in total. The summed E-state index contributed by atoms with van der Waals surface area (Å²) < 4.78 is 10.7. The molecule has 0 aliphatic carbocycles. The van der Waals surface area contributed by atoms with Crippen LogP contribution in [0.1, 0.15) is 11.3 Å². The van der Waals surface area contributed by atoms with E-state index in [2.05, 4.69) is 15.5 Å². The molecule has 17 heavy (non-hydrogen) atoms. The third kappa shape index (κ3) is 1.60. The van der Waals surface area contributed by atoms with Crippen molar-refractivity contribution in [2.24, 2.45) is 0 Å². The summed E-state index contributed by atoms with van der Waals surface area (Å²) in [4.78, 5) is 0. The fourth-order valence-corrected chi connectivity index (χ4v) is 1.76. The van der Waals surface area contributed by atoms with E-state index in [9.17, 15) is 0 Å². The zero-order valence-electron chi connectivity index (χ0n) is 9.70. The average Bonchev–Trinajstić information content (AvgIpc) is 2.91. The van der Waals surface area contributed by atoms with Gasteiger partial charge in [0, 0.05) is 11.3 Å². The molecule has 5 nitrogen and oxygen atoms in total. The molecule has 0 bridgehead atoms. The number of aromatic amines is 1. The van der Waals surface area contributed by atoms with E-state index >= 15 is 0 Å². The maximum Gasteiger partial charge on any atom is 0.231 e. The highest BCUT2D eigenvalue weighted by atomic mass is 16.7. The lowest BCUT2D eigenvalue weighted by molar-refractivity contribution is 0.174. The van der Waals surface area contributed by atoms with E-state index in [1.807, 2.05) is 32.0 Å². The van der Waals surface area contributed by atoms with Crippen molar-refractivity contribution in [2.45, 2.75) is 13.8 Å². The topological polar surface area (TPSA) is 59.2 Å².